The van der Waals surface area contributed by atoms with Gasteiger partial charge in [-0.1, -0.05) is 0 Å². The van der Waals surface area contributed by atoms with Crippen molar-refractivity contribution in [2.75, 3.05) is 0 Å². The molecule has 0 fully saturated rings. The van der Waals surface area contributed by atoms with Gasteiger partial charge in [0.2, 0.25) is 0 Å². The molecule has 0 aliphatic rings. The largest absolute Gasteiger partial charge is 0.329 e. The maximum absolute atomic E-state index is 11.7. The van der Waals surface area contributed by atoms with Crippen LogP contribution in [0.5, 0.6) is 0 Å². The first-order valence-corrected chi connectivity index (χ1v) is 2.95. The highest BCUT2D eigenvalue weighted by Gasteiger charge is 2.04. The van der Waals surface area contributed by atoms with Crippen molar-refractivity contribution in [3.05, 3.63) is 18.2 Å². The van der Waals surface area contributed by atoms with Crippen molar-refractivity contribution in [3.63, 3.8) is 0 Å². The van der Waals surface area contributed by atoms with Crippen LogP contribution in [0.2, 0.25) is 0 Å². The molecular weight excluding hydrogens is 138 g/mol. The molecule has 1 aromatic rings. The van der Waals surface area contributed by atoms with Gasteiger partial charge in [-0.15, -0.1) is 0 Å². The summed E-state index contributed by atoms with van der Waals surface area (Å²) in [5, 5.41) is 0. The summed E-state index contributed by atoms with van der Waals surface area (Å²) < 4.78 is 24.9. The summed E-state index contributed by atoms with van der Waals surface area (Å²) in [5.41, 5.74) is 0.764. The second kappa shape index (κ2) is 2.77. The summed E-state index contributed by atoms with van der Waals surface area (Å²) >= 11 is 0. The minimum Gasteiger partial charge on any atom is -0.329 e. The van der Waals surface area contributed by atoms with Crippen LogP contribution in [0.3, 0.4) is 0 Å². The van der Waals surface area contributed by atoms with Crippen molar-refractivity contribution in [3.8, 4) is 0 Å². The highest BCUT2D eigenvalue weighted by Crippen LogP contribution is 2.01. The van der Waals surface area contributed by atoms with E-state index in [2.05, 4.69) is 4.98 Å². The topological polar surface area (TPSA) is 17.8 Å². The SMILES string of the molecule is Cc1cncn1CC(F)F. The molecule has 2 nitrogen and oxygen atoms in total. The highest BCUT2D eigenvalue weighted by molar-refractivity contribution is 4.93. The Labute approximate surface area is 57.5 Å². The number of rotatable bonds is 2. The number of alkyl halides is 2. The molecule has 0 unspecified atom stereocenters. The average Bonchev–Trinajstić information content (AvgIpc) is 2.15. The third-order valence-electron chi connectivity index (χ3n) is 1.26. The molecule has 0 amide bonds. The lowest BCUT2D eigenvalue weighted by molar-refractivity contribution is 0.126. The van der Waals surface area contributed by atoms with Gasteiger partial charge in [-0.3, -0.25) is 0 Å². The molecule has 1 aromatic heterocycles. The van der Waals surface area contributed by atoms with E-state index < -0.39 is 6.43 Å². The van der Waals surface area contributed by atoms with Crippen molar-refractivity contribution in [1.29, 1.82) is 0 Å². The van der Waals surface area contributed by atoms with Crippen molar-refractivity contribution in [2.45, 2.75) is 19.9 Å². The van der Waals surface area contributed by atoms with E-state index in [4.69, 9.17) is 0 Å². The molecule has 10 heavy (non-hydrogen) atoms. The highest BCUT2D eigenvalue weighted by atomic mass is 19.3. The molecule has 0 aliphatic carbocycles. The standard InChI is InChI=1S/C6H8F2N2/c1-5-2-9-4-10(5)3-6(7)8/h2,4,6H,3H2,1H3. The third-order valence-corrected chi connectivity index (χ3v) is 1.26. The van der Waals surface area contributed by atoms with Crippen molar-refractivity contribution < 1.29 is 8.78 Å². The summed E-state index contributed by atoms with van der Waals surface area (Å²) in [7, 11) is 0. The van der Waals surface area contributed by atoms with E-state index in [0.717, 1.165) is 5.69 Å². The van der Waals surface area contributed by atoms with Gasteiger partial charge in [0.15, 0.2) is 0 Å². The Morgan fingerprint density at radius 3 is 2.80 bits per heavy atom. The van der Waals surface area contributed by atoms with Gasteiger partial charge in [0.1, 0.15) is 0 Å². The van der Waals surface area contributed by atoms with Crippen LogP contribution in [-0.2, 0) is 6.54 Å². The molecule has 0 atom stereocenters. The van der Waals surface area contributed by atoms with Crippen LogP contribution < -0.4 is 0 Å². The van der Waals surface area contributed by atoms with Gasteiger partial charge in [0.25, 0.3) is 6.43 Å². The van der Waals surface area contributed by atoms with Crippen LogP contribution in [0.1, 0.15) is 5.69 Å². The number of hydrogen-bond acceptors (Lipinski definition) is 1. The van der Waals surface area contributed by atoms with E-state index >= 15 is 0 Å². The van der Waals surface area contributed by atoms with E-state index in [1.54, 1.807) is 13.1 Å². The Morgan fingerprint density at radius 2 is 2.40 bits per heavy atom. The van der Waals surface area contributed by atoms with Gasteiger partial charge in [-0.2, -0.15) is 0 Å². The Bertz CT molecular complexity index is 207. The van der Waals surface area contributed by atoms with Gasteiger partial charge in [-0.05, 0) is 6.92 Å². The molecule has 0 saturated carbocycles. The first kappa shape index (κ1) is 7.18. The molecule has 0 N–H and O–H groups in total. The lowest BCUT2D eigenvalue weighted by Gasteiger charge is -2.01. The molecule has 0 spiro atoms. The summed E-state index contributed by atoms with van der Waals surface area (Å²) in [4.78, 5) is 3.70. The molecule has 1 rings (SSSR count). The molecule has 1 heterocycles. The second-order valence-corrected chi connectivity index (χ2v) is 2.08. The van der Waals surface area contributed by atoms with Crippen LogP contribution in [-0.4, -0.2) is 16.0 Å². The second-order valence-electron chi connectivity index (χ2n) is 2.08. The van der Waals surface area contributed by atoms with Crippen molar-refractivity contribution >= 4 is 0 Å². The van der Waals surface area contributed by atoms with Crippen molar-refractivity contribution in [1.82, 2.24) is 9.55 Å². The van der Waals surface area contributed by atoms with Crippen molar-refractivity contribution in [2.24, 2.45) is 0 Å². The zero-order valence-electron chi connectivity index (χ0n) is 5.59. The number of halogens is 2. The summed E-state index contributed by atoms with van der Waals surface area (Å²) in [6.07, 6.45) is 0.664. The summed E-state index contributed by atoms with van der Waals surface area (Å²) in [5.74, 6) is 0. The van der Waals surface area contributed by atoms with Crippen LogP contribution >= 0.6 is 0 Å². The molecule has 0 aromatic carbocycles. The van der Waals surface area contributed by atoms with Crippen LogP contribution in [0, 0.1) is 6.92 Å². The Morgan fingerprint density at radius 1 is 1.70 bits per heavy atom. The smallest absolute Gasteiger partial charge is 0.256 e. The normalized spacial score (nSPS) is 10.8. The Balaban J connectivity index is 2.65. The Kier molecular flexibility index (Phi) is 1.99. The minimum absolute atomic E-state index is 0.258. The average molecular weight is 146 g/mol. The van der Waals surface area contributed by atoms with Crippen LogP contribution in [0.4, 0.5) is 8.78 Å². The molecule has 0 bridgehead atoms. The lowest BCUT2D eigenvalue weighted by Crippen LogP contribution is -2.06. The van der Waals surface area contributed by atoms with E-state index in [1.165, 1.54) is 10.9 Å². The first-order chi connectivity index (χ1) is 4.70. The van der Waals surface area contributed by atoms with Crippen LogP contribution in [0.25, 0.3) is 0 Å². The maximum atomic E-state index is 11.7. The predicted molar refractivity (Wildman–Crippen MR) is 33.0 cm³/mol. The predicted octanol–water partition coefficient (Wildman–Crippen LogP) is 1.46. The number of imidazole rings is 1. The molecule has 4 heteroatoms. The van der Waals surface area contributed by atoms with Gasteiger partial charge in [0, 0.05) is 11.9 Å². The van der Waals surface area contributed by atoms with Gasteiger partial charge in [-0.25, -0.2) is 13.8 Å². The van der Waals surface area contributed by atoms with E-state index in [-0.39, 0.29) is 6.54 Å². The van der Waals surface area contributed by atoms with Gasteiger partial charge < -0.3 is 4.57 Å². The first-order valence-electron chi connectivity index (χ1n) is 2.95. The molecule has 0 radical (unpaired) electrons. The monoisotopic (exact) mass is 146 g/mol. The summed E-state index contributed by atoms with van der Waals surface area (Å²) in [6, 6.07) is 0. The van der Waals surface area contributed by atoms with E-state index in [0.29, 0.717) is 0 Å². The number of aromatic nitrogens is 2. The Hall–Kier alpha value is -0.930. The van der Waals surface area contributed by atoms with E-state index in [9.17, 15) is 8.78 Å². The zero-order chi connectivity index (χ0) is 7.56. The van der Waals surface area contributed by atoms with Gasteiger partial charge in [0.05, 0.1) is 12.9 Å². The minimum atomic E-state index is -2.30. The van der Waals surface area contributed by atoms with E-state index in [1.807, 2.05) is 0 Å². The lowest BCUT2D eigenvalue weighted by atomic mass is 10.5. The van der Waals surface area contributed by atoms with Crippen LogP contribution in [0.15, 0.2) is 12.5 Å². The molecule has 0 aliphatic heterocycles. The van der Waals surface area contributed by atoms with Gasteiger partial charge >= 0.3 is 0 Å². The maximum Gasteiger partial charge on any atom is 0.256 e. The summed E-state index contributed by atoms with van der Waals surface area (Å²) in [6.45, 7) is 1.49. The molecular formula is C6H8F2N2. The number of aryl methyl sites for hydroxylation is 1. The zero-order valence-corrected chi connectivity index (χ0v) is 5.59. The third kappa shape index (κ3) is 1.52. The molecule has 56 valence electrons. The number of hydrogen-bond donors (Lipinski definition) is 0. The number of nitrogens with zero attached hydrogens (tertiary/aromatic N) is 2. The quantitative estimate of drug-likeness (QED) is 0.617. The fraction of sp³-hybridized carbons (Fsp3) is 0.500. The fourth-order valence-corrected chi connectivity index (χ4v) is 0.727. The fourth-order valence-electron chi connectivity index (χ4n) is 0.727. The molecule has 0 saturated heterocycles.